The Bertz CT molecular complexity index is 901. The molecule has 0 aliphatic rings. The van der Waals surface area contributed by atoms with Gasteiger partial charge in [0.2, 0.25) is 0 Å². The minimum absolute atomic E-state index is 0.137. The van der Waals surface area contributed by atoms with Crippen LogP contribution in [0, 0.1) is 6.92 Å². The fraction of sp³-hybridized carbons (Fsp3) is 0.350. The van der Waals surface area contributed by atoms with Gasteiger partial charge in [0, 0.05) is 16.8 Å². The number of carbonyl (C=O) groups is 1. The topological polar surface area (TPSA) is 63.2 Å². The van der Waals surface area contributed by atoms with Gasteiger partial charge in [-0.2, -0.15) is 0 Å². The first-order valence-electron chi connectivity index (χ1n) is 8.52. The van der Waals surface area contributed by atoms with Crippen molar-refractivity contribution >= 4 is 27.3 Å². The van der Waals surface area contributed by atoms with Crippen molar-refractivity contribution in [3.63, 3.8) is 0 Å². The van der Waals surface area contributed by atoms with Gasteiger partial charge < -0.3 is 5.32 Å². The first-order chi connectivity index (χ1) is 12.1. The van der Waals surface area contributed by atoms with Crippen molar-refractivity contribution in [1.29, 1.82) is 0 Å². The summed E-state index contributed by atoms with van der Waals surface area (Å²) in [4.78, 5) is 13.1. The van der Waals surface area contributed by atoms with Gasteiger partial charge in [0.1, 0.15) is 0 Å². The Balaban J connectivity index is 2.44. The molecule has 0 spiro atoms. The van der Waals surface area contributed by atoms with E-state index in [1.54, 1.807) is 25.1 Å². The van der Waals surface area contributed by atoms with Crippen molar-refractivity contribution in [2.45, 2.75) is 44.0 Å². The quantitative estimate of drug-likeness (QED) is 0.785. The van der Waals surface area contributed by atoms with E-state index >= 15 is 0 Å². The van der Waals surface area contributed by atoms with Crippen LogP contribution in [0.2, 0.25) is 5.02 Å². The Kier molecular flexibility index (Phi) is 6.14. The Morgan fingerprint density at radius 3 is 2.15 bits per heavy atom. The lowest BCUT2D eigenvalue weighted by Gasteiger charge is -2.34. The number of hydrogen-bond donors (Lipinski definition) is 1. The zero-order valence-corrected chi connectivity index (χ0v) is 17.0. The standard InChI is InChI=1S/C20H24ClNO3S/c1-5-20(6-2,15-8-10-16(21)11-9-15)22-19(23)18-13-17(26(4,24)25)12-7-14(18)3/h7-13H,5-6H2,1-4H3,(H,22,23). The molecule has 0 aliphatic carbocycles. The van der Waals surface area contributed by atoms with E-state index in [0.29, 0.717) is 23.4 Å². The molecule has 0 radical (unpaired) electrons. The van der Waals surface area contributed by atoms with Crippen molar-refractivity contribution in [3.8, 4) is 0 Å². The average Bonchev–Trinajstić information content (AvgIpc) is 2.59. The van der Waals surface area contributed by atoms with Gasteiger partial charge >= 0.3 is 0 Å². The molecule has 0 aromatic heterocycles. The molecule has 140 valence electrons. The van der Waals surface area contributed by atoms with E-state index in [9.17, 15) is 13.2 Å². The number of halogens is 1. The van der Waals surface area contributed by atoms with E-state index in [0.717, 1.165) is 17.4 Å². The van der Waals surface area contributed by atoms with Crippen LogP contribution in [-0.2, 0) is 15.4 Å². The average molecular weight is 394 g/mol. The smallest absolute Gasteiger partial charge is 0.252 e. The number of aryl methyl sites for hydroxylation is 1. The number of benzene rings is 2. The first-order valence-corrected chi connectivity index (χ1v) is 10.8. The van der Waals surface area contributed by atoms with E-state index in [-0.39, 0.29) is 10.8 Å². The van der Waals surface area contributed by atoms with Crippen LogP contribution >= 0.6 is 11.6 Å². The highest BCUT2D eigenvalue weighted by atomic mass is 35.5. The van der Waals surface area contributed by atoms with Gasteiger partial charge in [-0.1, -0.05) is 43.6 Å². The molecule has 26 heavy (non-hydrogen) atoms. The fourth-order valence-corrected chi connectivity index (χ4v) is 3.81. The number of amides is 1. The first kappa shape index (κ1) is 20.5. The largest absolute Gasteiger partial charge is 0.343 e. The van der Waals surface area contributed by atoms with E-state index in [2.05, 4.69) is 5.32 Å². The third-order valence-corrected chi connectivity index (χ3v) is 6.20. The summed E-state index contributed by atoms with van der Waals surface area (Å²) < 4.78 is 23.7. The van der Waals surface area contributed by atoms with Gasteiger partial charge in [-0.05, 0) is 55.2 Å². The van der Waals surface area contributed by atoms with Crippen LogP contribution in [0.1, 0.15) is 48.2 Å². The Morgan fingerprint density at radius 2 is 1.65 bits per heavy atom. The molecule has 0 bridgehead atoms. The lowest BCUT2D eigenvalue weighted by Crippen LogP contribution is -2.45. The number of sulfone groups is 1. The molecule has 2 aromatic carbocycles. The third kappa shape index (κ3) is 4.27. The third-order valence-electron chi connectivity index (χ3n) is 4.84. The second kappa shape index (κ2) is 7.80. The molecular weight excluding hydrogens is 370 g/mol. The van der Waals surface area contributed by atoms with Crippen LogP contribution in [-0.4, -0.2) is 20.6 Å². The number of nitrogens with one attached hydrogen (secondary N) is 1. The zero-order chi connectivity index (χ0) is 19.5. The van der Waals surface area contributed by atoms with E-state index < -0.39 is 15.4 Å². The summed E-state index contributed by atoms with van der Waals surface area (Å²) in [7, 11) is -3.38. The van der Waals surface area contributed by atoms with E-state index in [4.69, 9.17) is 11.6 Å². The zero-order valence-electron chi connectivity index (χ0n) is 15.5. The summed E-state index contributed by atoms with van der Waals surface area (Å²) in [6, 6.07) is 12.1. The summed E-state index contributed by atoms with van der Waals surface area (Å²) in [5.41, 5.74) is 1.52. The van der Waals surface area contributed by atoms with Gasteiger partial charge in [-0.3, -0.25) is 4.79 Å². The lowest BCUT2D eigenvalue weighted by molar-refractivity contribution is 0.0888. The van der Waals surface area contributed by atoms with Crippen LogP contribution in [0.4, 0.5) is 0 Å². The van der Waals surface area contributed by atoms with Gasteiger partial charge in [0.25, 0.3) is 5.91 Å². The van der Waals surface area contributed by atoms with Crippen LogP contribution in [0.3, 0.4) is 0 Å². The van der Waals surface area contributed by atoms with E-state index in [1.165, 1.54) is 12.1 Å². The Hall–Kier alpha value is -1.85. The normalized spacial score (nSPS) is 12.0. The number of hydrogen-bond acceptors (Lipinski definition) is 3. The van der Waals surface area contributed by atoms with Gasteiger partial charge in [0.05, 0.1) is 10.4 Å². The maximum atomic E-state index is 13.0. The monoisotopic (exact) mass is 393 g/mol. The van der Waals surface area contributed by atoms with Crippen molar-refractivity contribution < 1.29 is 13.2 Å². The SMILES string of the molecule is CCC(CC)(NC(=O)c1cc(S(C)(=O)=O)ccc1C)c1ccc(Cl)cc1. The number of rotatable bonds is 6. The van der Waals surface area contributed by atoms with Gasteiger partial charge in [0.15, 0.2) is 9.84 Å². The molecule has 0 aliphatic heterocycles. The maximum absolute atomic E-state index is 13.0. The molecule has 1 N–H and O–H groups in total. The van der Waals surface area contributed by atoms with Gasteiger partial charge in [-0.15, -0.1) is 0 Å². The van der Waals surface area contributed by atoms with Crippen LogP contribution < -0.4 is 5.32 Å². The van der Waals surface area contributed by atoms with E-state index in [1.807, 2.05) is 26.0 Å². The summed E-state index contributed by atoms with van der Waals surface area (Å²) in [5.74, 6) is -0.286. The molecule has 0 fully saturated rings. The highest BCUT2D eigenvalue weighted by Gasteiger charge is 2.31. The molecule has 0 saturated heterocycles. The summed E-state index contributed by atoms with van der Waals surface area (Å²) >= 11 is 5.99. The molecule has 2 aromatic rings. The highest BCUT2D eigenvalue weighted by Crippen LogP contribution is 2.30. The molecule has 0 heterocycles. The molecule has 1 amide bonds. The minimum atomic E-state index is -3.38. The van der Waals surface area contributed by atoms with Crippen molar-refractivity contribution in [3.05, 3.63) is 64.2 Å². The molecule has 0 atom stereocenters. The molecule has 0 saturated carbocycles. The predicted molar refractivity (Wildman–Crippen MR) is 105 cm³/mol. The fourth-order valence-electron chi connectivity index (χ4n) is 3.04. The summed E-state index contributed by atoms with van der Waals surface area (Å²) in [6.45, 7) is 5.82. The summed E-state index contributed by atoms with van der Waals surface area (Å²) in [5, 5.41) is 3.76. The number of carbonyl (C=O) groups excluding carboxylic acids is 1. The molecule has 6 heteroatoms. The molecule has 2 rings (SSSR count). The van der Waals surface area contributed by atoms with Crippen LogP contribution in [0.25, 0.3) is 0 Å². The molecule has 4 nitrogen and oxygen atoms in total. The van der Waals surface area contributed by atoms with Crippen molar-refractivity contribution in [2.24, 2.45) is 0 Å². The maximum Gasteiger partial charge on any atom is 0.252 e. The molecule has 0 unspecified atom stereocenters. The van der Waals surface area contributed by atoms with Crippen molar-refractivity contribution in [1.82, 2.24) is 5.32 Å². The van der Waals surface area contributed by atoms with Gasteiger partial charge in [-0.25, -0.2) is 8.42 Å². The Labute approximate surface area is 160 Å². The lowest BCUT2D eigenvalue weighted by atomic mass is 9.84. The second-order valence-corrected chi connectivity index (χ2v) is 8.95. The minimum Gasteiger partial charge on any atom is -0.343 e. The molecular formula is C20H24ClNO3S. The van der Waals surface area contributed by atoms with Crippen LogP contribution in [0.15, 0.2) is 47.4 Å². The summed E-state index contributed by atoms with van der Waals surface area (Å²) in [6.07, 6.45) is 2.53. The second-order valence-electron chi connectivity index (χ2n) is 6.50. The highest BCUT2D eigenvalue weighted by molar-refractivity contribution is 7.90. The van der Waals surface area contributed by atoms with Crippen molar-refractivity contribution in [2.75, 3.05) is 6.26 Å². The Morgan fingerprint density at radius 1 is 1.08 bits per heavy atom. The predicted octanol–water partition coefficient (Wildman–Crippen LogP) is 4.50. The van der Waals surface area contributed by atoms with Crippen LogP contribution in [0.5, 0.6) is 0 Å².